The lowest BCUT2D eigenvalue weighted by molar-refractivity contribution is -0.129. The van der Waals surface area contributed by atoms with Gasteiger partial charge in [-0.3, -0.25) is 9.59 Å². The maximum atomic E-state index is 14.3. The molecule has 2 N–H and O–H groups in total. The number of halogens is 1. The van der Waals surface area contributed by atoms with Gasteiger partial charge in [-0.1, -0.05) is 110 Å². The number of aliphatic hydroxyl groups excluding tert-OH is 1. The predicted molar refractivity (Wildman–Crippen MR) is 197 cm³/mol. The molecule has 0 atom stereocenters. The molecule has 268 valence electrons. The van der Waals surface area contributed by atoms with Crippen LogP contribution in [0.25, 0.3) is 0 Å². The summed E-state index contributed by atoms with van der Waals surface area (Å²) in [5.74, 6) is -0.646. The van der Waals surface area contributed by atoms with Gasteiger partial charge in [-0.05, 0) is 62.6 Å². The molecule has 1 fully saturated rings. The first-order valence-electron chi connectivity index (χ1n) is 18.2. The van der Waals surface area contributed by atoms with E-state index in [2.05, 4.69) is 57.3 Å². The molecular formula is C40H67FN2O4. The lowest BCUT2D eigenvalue weighted by atomic mass is 9.99. The fourth-order valence-corrected chi connectivity index (χ4v) is 5.40. The van der Waals surface area contributed by atoms with Crippen molar-refractivity contribution in [3.05, 3.63) is 58.9 Å². The van der Waals surface area contributed by atoms with E-state index in [-0.39, 0.29) is 29.0 Å². The van der Waals surface area contributed by atoms with Crippen molar-refractivity contribution in [2.24, 2.45) is 0 Å². The van der Waals surface area contributed by atoms with Gasteiger partial charge in [-0.25, -0.2) is 4.39 Å². The summed E-state index contributed by atoms with van der Waals surface area (Å²) in [7, 11) is 1.00. The number of carbonyl (C=O) groups excluding carboxylic acids is 2. The van der Waals surface area contributed by atoms with Crippen molar-refractivity contribution in [3.63, 3.8) is 0 Å². The molecule has 1 aliphatic heterocycles. The van der Waals surface area contributed by atoms with E-state index in [0.29, 0.717) is 25.4 Å². The van der Waals surface area contributed by atoms with Crippen LogP contribution in [0.4, 0.5) is 10.1 Å². The number of aliphatic hydroxyl groups is 1. The van der Waals surface area contributed by atoms with Crippen molar-refractivity contribution >= 4 is 17.4 Å². The summed E-state index contributed by atoms with van der Waals surface area (Å²) in [6, 6.07) is 12.0. The number of piperidine rings is 1. The van der Waals surface area contributed by atoms with Crippen LogP contribution in [0.15, 0.2) is 36.4 Å². The summed E-state index contributed by atoms with van der Waals surface area (Å²) >= 11 is 0. The standard InChI is InChI=1S/C18H25FN2O3.C13H20.C8H18.CH4O/c1-4-9-24-18-16(12(2)22)10-15(11-17(18)19)20-14-5-7-21(8-6-14)13(3)23;1-3-5-9-13-11-7-6-10-12(13)8-4-2;1-3-5-7-8-6-4-2;1-2/h10-11,14,20H,4-9H2,1-3H3;6-7,10-11H,3-5,8-9H2,1-2H3;3-8H2,1-2H3;2H,1H3. The summed E-state index contributed by atoms with van der Waals surface area (Å²) in [6.45, 7) is 15.7. The smallest absolute Gasteiger partial charge is 0.219 e. The van der Waals surface area contributed by atoms with Crippen LogP contribution in [0, 0.1) is 5.82 Å². The van der Waals surface area contributed by atoms with Crippen molar-refractivity contribution in [1.29, 1.82) is 0 Å². The molecule has 47 heavy (non-hydrogen) atoms. The molecule has 0 aliphatic carbocycles. The summed E-state index contributed by atoms with van der Waals surface area (Å²) < 4.78 is 19.7. The number of likely N-dealkylation sites (tertiary alicyclic amines) is 1. The minimum absolute atomic E-state index is 0.0290. The molecule has 1 saturated heterocycles. The average Bonchev–Trinajstić information content (AvgIpc) is 3.07. The van der Waals surface area contributed by atoms with Gasteiger partial charge in [0.05, 0.1) is 12.2 Å². The van der Waals surface area contributed by atoms with Gasteiger partial charge in [0.2, 0.25) is 5.91 Å². The number of carbonyl (C=O) groups is 2. The number of unbranched alkanes of at least 4 members (excludes halogenated alkanes) is 6. The highest BCUT2D eigenvalue weighted by Gasteiger charge is 2.22. The molecule has 6 nitrogen and oxygen atoms in total. The van der Waals surface area contributed by atoms with Gasteiger partial charge in [0.1, 0.15) is 0 Å². The highest BCUT2D eigenvalue weighted by Crippen LogP contribution is 2.29. The molecule has 0 radical (unpaired) electrons. The van der Waals surface area contributed by atoms with Crippen LogP contribution in [0.1, 0.15) is 147 Å². The molecule has 0 saturated carbocycles. The Hall–Kier alpha value is -2.93. The first kappa shape index (κ1) is 44.1. The number of hydrogen-bond donors (Lipinski definition) is 2. The monoisotopic (exact) mass is 659 g/mol. The quantitative estimate of drug-likeness (QED) is 0.139. The molecule has 1 heterocycles. The second-order valence-electron chi connectivity index (χ2n) is 12.2. The highest BCUT2D eigenvalue weighted by molar-refractivity contribution is 5.98. The Morgan fingerprint density at radius 3 is 1.83 bits per heavy atom. The van der Waals surface area contributed by atoms with Gasteiger partial charge >= 0.3 is 0 Å². The zero-order valence-electron chi connectivity index (χ0n) is 31.1. The Balaban J connectivity index is 0.000000769. The van der Waals surface area contributed by atoms with Crippen molar-refractivity contribution in [3.8, 4) is 5.75 Å². The van der Waals surface area contributed by atoms with Crippen LogP contribution < -0.4 is 10.1 Å². The van der Waals surface area contributed by atoms with Crippen molar-refractivity contribution < 1.29 is 23.8 Å². The Morgan fingerprint density at radius 1 is 0.809 bits per heavy atom. The molecule has 7 heteroatoms. The first-order valence-corrected chi connectivity index (χ1v) is 18.2. The fourth-order valence-electron chi connectivity index (χ4n) is 5.40. The van der Waals surface area contributed by atoms with Gasteiger partial charge in [0.15, 0.2) is 17.3 Å². The molecule has 3 rings (SSSR count). The normalized spacial score (nSPS) is 12.4. The number of rotatable bonds is 16. The van der Waals surface area contributed by atoms with E-state index in [1.54, 1.807) is 29.0 Å². The predicted octanol–water partition coefficient (Wildman–Crippen LogP) is 10.2. The number of Topliss-reactive ketones (excluding diaryl/α,β-unsaturated/α-hetero) is 1. The summed E-state index contributed by atoms with van der Waals surface area (Å²) in [6.07, 6.45) is 17.2. The topological polar surface area (TPSA) is 78.9 Å². The zero-order valence-corrected chi connectivity index (χ0v) is 31.1. The van der Waals surface area contributed by atoms with Crippen LogP contribution in [-0.4, -0.2) is 54.5 Å². The van der Waals surface area contributed by atoms with Crippen LogP contribution in [0.2, 0.25) is 0 Å². The fraction of sp³-hybridized carbons (Fsp3) is 0.650. The Morgan fingerprint density at radius 2 is 1.36 bits per heavy atom. The van der Waals surface area contributed by atoms with E-state index in [1.807, 2.05) is 6.92 Å². The number of aryl methyl sites for hydroxylation is 2. The zero-order chi connectivity index (χ0) is 35.5. The largest absolute Gasteiger partial charge is 0.490 e. The lowest BCUT2D eigenvalue weighted by Gasteiger charge is -2.32. The van der Waals surface area contributed by atoms with Gasteiger partial charge < -0.3 is 20.1 Å². The van der Waals surface area contributed by atoms with Crippen molar-refractivity contribution in [2.45, 2.75) is 144 Å². The third kappa shape index (κ3) is 18.9. The Kier molecular flexibility index (Phi) is 26.4. The van der Waals surface area contributed by atoms with Gasteiger partial charge in [0, 0.05) is 44.9 Å². The maximum absolute atomic E-state index is 14.3. The van der Waals surface area contributed by atoms with Crippen LogP contribution in [0.3, 0.4) is 0 Å². The molecule has 0 spiro atoms. The van der Waals surface area contributed by atoms with Crippen molar-refractivity contribution in [1.82, 2.24) is 4.90 Å². The molecule has 0 aromatic heterocycles. The van der Waals surface area contributed by atoms with Crippen molar-refractivity contribution in [2.75, 3.05) is 32.1 Å². The Bertz CT molecular complexity index is 1090. The summed E-state index contributed by atoms with van der Waals surface area (Å²) in [5.41, 5.74) is 3.94. The third-order valence-corrected chi connectivity index (χ3v) is 8.08. The number of nitrogens with zero attached hydrogens (tertiary/aromatic N) is 1. The number of ether oxygens (including phenoxy) is 1. The molecule has 1 amide bonds. The third-order valence-electron chi connectivity index (χ3n) is 8.08. The number of benzene rings is 2. The average molecular weight is 659 g/mol. The van der Waals surface area contributed by atoms with E-state index >= 15 is 0 Å². The summed E-state index contributed by atoms with van der Waals surface area (Å²) in [4.78, 5) is 25.0. The van der Waals surface area contributed by atoms with Gasteiger partial charge in [-0.2, -0.15) is 0 Å². The second-order valence-corrected chi connectivity index (χ2v) is 12.2. The van der Waals surface area contributed by atoms with Crippen LogP contribution >= 0.6 is 0 Å². The summed E-state index contributed by atoms with van der Waals surface area (Å²) in [5, 5.41) is 10.3. The lowest BCUT2D eigenvalue weighted by Crippen LogP contribution is -2.41. The van der Waals surface area contributed by atoms with E-state index in [4.69, 9.17) is 9.84 Å². The molecule has 1 aliphatic rings. The SMILES string of the molecule is CCCCCCCC.CCCCc1ccccc1CCC.CCCOc1c(F)cc(NC2CCN(C(C)=O)CC2)cc1C(C)=O.CO. The van der Waals surface area contributed by atoms with E-state index in [0.717, 1.165) is 26.4 Å². The molecular weight excluding hydrogens is 591 g/mol. The van der Waals surface area contributed by atoms with Gasteiger partial charge in [-0.15, -0.1) is 0 Å². The number of amides is 1. The maximum Gasteiger partial charge on any atom is 0.219 e. The number of nitrogens with one attached hydrogen (secondary N) is 1. The molecule has 2 aromatic carbocycles. The van der Waals surface area contributed by atoms with E-state index in [9.17, 15) is 14.0 Å². The first-order chi connectivity index (χ1) is 22.7. The minimum atomic E-state index is -0.528. The highest BCUT2D eigenvalue weighted by atomic mass is 19.1. The molecule has 2 aromatic rings. The second kappa shape index (κ2) is 28.1. The van der Waals surface area contributed by atoms with Gasteiger partial charge in [0.25, 0.3) is 0 Å². The van der Waals surface area contributed by atoms with E-state index < -0.39 is 5.82 Å². The van der Waals surface area contributed by atoms with Crippen LogP contribution in [0.5, 0.6) is 5.75 Å². The van der Waals surface area contributed by atoms with Crippen LogP contribution in [-0.2, 0) is 17.6 Å². The number of anilines is 1. The number of ketones is 1. The van der Waals surface area contributed by atoms with E-state index in [1.165, 1.54) is 83.6 Å². The minimum Gasteiger partial charge on any atom is -0.490 e. The molecule has 0 unspecified atom stereocenters. The molecule has 0 bridgehead atoms. The Labute approximate surface area is 286 Å². The number of hydrogen-bond acceptors (Lipinski definition) is 5.